The molecular weight excluding hydrogens is 416 g/mol. The average Bonchev–Trinajstić information content (AvgIpc) is 3.33. The standard InChI is InChI=1S/C22H19ClN6O2/c23-18-3-6-21(28-7-9-31-10-8-28)20(12-18)27-22(30)17(13-24)11-16-1-4-19(5-2-16)29-15-25-14-26-29/h1-6,11-12,14-15H,7-10H2,(H,27,30)/b17-11-. The number of aromatic nitrogens is 3. The Labute approximate surface area is 184 Å². The van der Waals surface area contributed by atoms with E-state index in [2.05, 4.69) is 20.3 Å². The molecule has 1 aliphatic heterocycles. The Morgan fingerprint density at radius 2 is 1.97 bits per heavy atom. The molecule has 0 bridgehead atoms. The van der Waals surface area contributed by atoms with Gasteiger partial charge >= 0.3 is 0 Å². The highest BCUT2D eigenvalue weighted by Crippen LogP contribution is 2.30. The van der Waals surface area contributed by atoms with E-state index < -0.39 is 5.91 Å². The number of anilines is 2. The minimum Gasteiger partial charge on any atom is -0.378 e. The van der Waals surface area contributed by atoms with Crippen LogP contribution in [0.5, 0.6) is 0 Å². The Hall–Kier alpha value is -3.67. The Balaban J connectivity index is 1.54. The van der Waals surface area contributed by atoms with Gasteiger partial charge in [0.15, 0.2) is 0 Å². The summed E-state index contributed by atoms with van der Waals surface area (Å²) in [5.41, 5.74) is 2.93. The van der Waals surface area contributed by atoms with Crippen LogP contribution in [0.25, 0.3) is 11.8 Å². The first-order chi connectivity index (χ1) is 15.1. The molecule has 0 saturated carbocycles. The van der Waals surface area contributed by atoms with Gasteiger partial charge in [0.05, 0.1) is 30.3 Å². The molecule has 4 rings (SSSR count). The molecule has 156 valence electrons. The zero-order valence-corrected chi connectivity index (χ0v) is 17.3. The van der Waals surface area contributed by atoms with E-state index in [4.69, 9.17) is 16.3 Å². The number of nitriles is 1. The smallest absolute Gasteiger partial charge is 0.266 e. The van der Waals surface area contributed by atoms with Crippen LogP contribution in [0.4, 0.5) is 11.4 Å². The molecule has 8 nitrogen and oxygen atoms in total. The topological polar surface area (TPSA) is 96.1 Å². The molecule has 0 atom stereocenters. The lowest BCUT2D eigenvalue weighted by Crippen LogP contribution is -2.36. The molecule has 0 spiro atoms. The van der Waals surface area contributed by atoms with Gasteiger partial charge in [-0.25, -0.2) is 9.67 Å². The van der Waals surface area contributed by atoms with Gasteiger partial charge in [0, 0.05) is 18.1 Å². The second-order valence-corrected chi connectivity index (χ2v) is 7.25. The molecule has 1 saturated heterocycles. The Kier molecular flexibility index (Phi) is 6.26. The monoisotopic (exact) mass is 434 g/mol. The third-order valence-electron chi connectivity index (χ3n) is 4.81. The number of nitrogens with zero attached hydrogens (tertiary/aromatic N) is 5. The Bertz CT molecular complexity index is 1130. The van der Waals surface area contributed by atoms with Crippen LogP contribution in [0.3, 0.4) is 0 Å². The van der Waals surface area contributed by atoms with Crippen LogP contribution in [0.15, 0.2) is 60.7 Å². The van der Waals surface area contributed by atoms with E-state index in [-0.39, 0.29) is 5.57 Å². The predicted molar refractivity (Wildman–Crippen MR) is 118 cm³/mol. The number of halogens is 1. The quantitative estimate of drug-likeness (QED) is 0.489. The number of hydrogen-bond acceptors (Lipinski definition) is 6. The van der Waals surface area contributed by atoms with Crippen molar-refractivity contribution in [1.82, 2.24) is 14.8 Å². The second kappa shape index (κ2) is 9.43. The zero-order valence-electron chi connectivity index (χ0n) is 16.5. The lowest BCUT2D eigenvalue weighted by Gasteiger charge is -2.30. The van der Waals surface area contributed by atoms with Crippen molar-refractivity contribution in [2.75, 3.05) is 36.5 Å². The summed E-state index contributed by atoms with van der Waals surface area (Å²) in [6.45, 7) is 2.65. The van der Waals surface area contributed by atoms with E-state index in [1.54, 1.807) is 41.4 Å². The Morgan fingerprint density at radius 1 is 1.19 bits per heavy atom. The van der Waals surface area contributed by atoms with E-state index >= 15 is 0 Å². The second-order valence-electron chi connectivity index (χ2n) is 6.82. The highest BCUT2D eigenvalue weighted by Gasteiger charge is 2.18. The maximum atomic E-state index is 12.8. The van der Waals surface area contributed by atoms with Crippen LogP contribution in [0, 0.1) is 11.3 Å². The largest absolute Gasteiger partial charge is 0.378 e. The number of ether oxygens (including phenoxy) is 1. The van der Waals surface area contributed by atoms with E-state index in [0.29, 0.717) is 37.0 Å². The van der Waals surface area contributed by atoms with Crippen molar-refractivity contribution in [2.45, 2.75) is 0 Å². The highest BCUT2D eigenvalue weighted by molar-refractivity contribution is 6.31. The first-order valence-corrected chi connectivity index (χ1v) is 10.0. The van der Waals surface area contributed by atoms with Crippen molar-refractivity contribution >= 4 is 35.0 Å². The summed E-state index contributed by atoms with van der Waals surface area (Å²) in [6.07, 6.45) is 4.59. The molecule has 0 unspecified atom stereocenters. The molecule has 1 fully saturated rings. The molecule has 0 radical (unpaired) electrons. The summed E-state index contributed by atoms with van der Waals surface area (Å²) < 4.78 is 7.03. The third kappa shape index (κ3) is 4.91. The Morgan fingerprint density at radius 3 is 2.65 bits per heavy atom. The number of nitrogens with one attached hydrogen (secondary N) is 1. The van der Waals surface area contributed by atoms with E-state index in [1.807, 2.05) is 24.3 Å². The van der Waals surface area contributed by atoms with Crippen LogP contribution in [0.2, 0.25) is 5.02 Å². The van der Waals surface area contributed by atoms with Gasteiger partial charge in [-0.2, -0.15) is 10.4 Å². The fraction of sp³-hybridized carbons (Fsp3) is 0.182. The number of carbonyl (C=O) groups excluding carboxylic acids is 1. The minimum atomic E-state index is -0.500. The lowest BCUT2D eigenvalue weighted by molar-refractivity contribution is -0.112. The SMILES string of the molecule is N#C/C(=C/c1ccc(-n2cncn2)cc1)C(=O)Nc1cc(Cl)ccc1N1CCOCC1. The van der Waals surface area contributed by atoms with Gasteiger partial charge in [0.25, 0.3) is 5.91 Å². The summed E-state index contributed by atoms with van der Waals surface area (Å²) in [7, 11) is 0. The molecule has 1 amide bonds. The van der Waals surface area contributed by atoms with E-state index in [0.717, 1.165) is 16.9 Å². The van der Waals surface area contributed by atoms with Gasteiger partial charge in [-0.15, -0.1) is 0 Å². The van der Waals surface area contributed by atoms with Crippen LogP contribution < -0.4 is 10.2 Å². The molecule has 2 heterocycles. The summed E-state index contributed by atoms with van der Waals surface area (Å²) in [6, 6.07) is 14.6. The molecule has 1 N–H and O–H groups in total. The fourth-order valence-electron chi connectivity index (χ4n) is 3.26. The number of rotatable bonds is 5. The molecule has 3 aromatic rings. The van der Waals surface area contributed by atoms with Gasteiger partial charge < -0.3 is 15.0 Å². The summed E-state index contributed by atoms with van der Waals surface area (Å²) >= 11 is 6.15. The maximum absolute atomic E-state index is 12.8. The summed E-state index contributed by atoms with van der Waals surface area (Å²) in [5.74, 6) is -0.500. The molecule has 31 heavy (non-hydrogen) atoms. The summed E-state index contributed by atoms with van der Waals surface area (Å²) in [5, 5.41) is 17.0. The number of hydrogen-bond donors (Lipinski definition) is 1. The number of morpholine rings is 1. The van der Waals surface area contributed by atoms with Crippen LogP contribution in [-0.4, -0.2) is 47.0 Å². The van der Waals surface area contributed by atoms with Crippen LogP contribution in [-0.2, 0) is 9.53 Å². The first kappa shape index (κ1) is 20.6. The third-order valence-corrected chi connectivity index (χ3v) is 5.05. The molecule has 1 aromatic heterocycles. The van der Waals surface area contributed by atoms with Crippen molar-refractivity contribution in [3.63, 3.8) is 0 Å². The molecule has 2 aromatic carbocycles. The molecule has 0 aliphatic carbocycles. The zero-order chi connectivity index (χ0) is 21.6. The number of amides is 1. The molecule has 9 heteroatoms. The van der Waals surface area contributed by atoms with Crippen LogP contribution >= 0.6 is 11.6 Å². The van der Waals surface area contributed by atoms with Gasteiger partial charge in [-0.05, 0) is 42.0 Å². The highest BCUT2D eigenvalue weighted by atomic mass is 35.5. The van der Waals surface area contributed by atoms with Crippen molar-refractivity contribution in [2.24, 2.45) is 0 Å². The molecule has 1 aliphatic rings. The van der Waals surface area contributed by atoms with Gasteiger partial charge in [0.1, 0.15) is 24.3 Å². The fourth-order valence-corrected chi connectivity index (χ4v) is 3.43. The molecular formula is C22H19ClN6O2. The van der Waals surface area contributed by atoms with Crippen molar-refractivity contribution in [3.8, 4) is 11.8 Å². The maximum Gasteiger partial charge on any atom is 0.266 e. The predicted octanol–water partition coefficient (Wildman–Crippen LogP) is 3.30. The average molecular weight is 435 g/mol. The summed E-state index contributed by atoms with van der Waals surface area (Å²) in [4.78, 5) is 18.9. The van der Waals surface area contributed by atoms with Crippen molar-refractivity contribution < 1.29 is 9.53 Å². The van der Waals surface area contributed by atoms with Crippen molar-refractivity contribution in [1.29, 1.82) is 5.26 Å². The lowest BCUT2D eigenvalue weighted by atomic mass is 10.1. The van der Waals surface area contributed by atoms with Gasteiger partial charge in [-0.1, -0.05) is 23.7 Å². The normalized spacial score (nSPS) is 14.2. The van der Waals surface area contributed by atoms with Gasteiger partial charge in [-0.3, -0.25) is 4.79 Å². The minimum absolute atomic E-state index is 0.0126. The van der Waals surface area contributed by atoms with Crippen molar-refractivity contribution in [3.05, 3.63) is 71.3 Å². The van der Waals surface area contributed by atoms with Gasteiger partial charge in [0.2, 0.25) is 0 Å². The number of carbonyl (C=O) groups is 1. The van der Waals surface area contributed by atoms with E-state index in [1.165, 1.54) is 6.33 Å². The van der Waals surface area contributed by atoms with E-state index in [9.17, 15) is 10.1 Å². The first-order valence-electron chi connectivity index (χ1n) is 9.64. The van der Waals surface area contributed by atoms with Crippen LogP contribution in [0.1, 0.15) is 5.56 Å². The number of benzene rings is 2.